The molecule has 0 saturated carbocycles. The van der Waals surface area contributed by atoms with Gasteiger partial charge < -0.3 is 19.8 Å². The van der Waals surface area contributed by atoms with E-state index in [0.717, 1.165) is 6.07 Å². The highest BCUT2D eigenvalue weighted by Gasteiger charge is 2.39. The summed E-state index contributed by atoms with van der Waals surface area (Å²) >= 11 is 7.56. The number of fused-ring (bicyclic) bond motifs is 2. The Morgan fingerprint density at radius 1 is 1.11 bits per heavy atom. The van der Waals surface area contributed by atoms with E-state index < -0.39 is 35.2 Å². The summed E-state index contributed by atoms with van der Waals surface area (Å²) in [5.41, 5.74) is 0.229. The first-order valence-corrected chi connectivity index (χ1v) is 14.5. The number of aryl methyl sites for hydroxylation is 2. The van der Waals surface area contributed by atoms with Crippen molar-refractivity contribution >= 4 is 56.0 Å². The highest BCUT2D eigenvalue weighted by Crippen LogP contribution is 2.41. The zero-order valence-electron chi connectivity index (χ0n) is 23.1. The first-order valence-electron chi connectivity index (χ1n) is 13.3. The average molecular weight is 646 g/mol. The van der Waals surface area contributed by atoms with E-state index in [1.165, 1.54) is 33.1 Å². The lowest BCUT2D eigenvalue weighted by molar-refractivity contribution is -0.137. The molecular weight excluding hydrogens is 623 g/mol. The largest absolute Gasteiger partial charge is 0.491 e. The van der Waals surface area contributed by atoms with Crippen molar-refractivity contribution < 1.29 is 32.9 Å². The number of aliphatic hydroxyl groups excluding tert-OH is 1. The molecule has 0 aliphatic carbocycles. The van der Waals surface area contributed by atoms with E-state index in [4.69, 9.17) is 16.3 Å². The molecule has 0 spiro atoms. The number of benzene rings is 1. The fourth-order valence-electron chi connectivity index (χ4n) is 5.16. The van der Waals surface area contributed by atoms with Crippen LogP contribution in [0.4, 0.5) is 19.0 Å². The first-order chi connectivity index (χ1) is 20.8. The Morgan fingerprint density at radius 3 is 2.55 bits per heavy atom. The molecular formula is C29H23ClF3N5O5S. The number of aromatic nitrogens is 4. The van der Waals surface area contributed by atoms with E-state index in [-0.39, 0.29) is 48.7 Å². The van der Waals surface area contributed by atoms with Crippen molar-refractivity contribution in [2.24, 2.45) is 0 Å². The Balaban J connectivity index is 1.33. The average Bonchev–Trinajstić information content (AvgIpc) is 3.36. The topological polar surface area (TPSA) is 131 Å². The lowest BCUT2D eigenvalue weighted by Gasteiger charge is -2.38. The van der Waals surface area contributed by atoms with Gasteiger partial charge in [0.15, 0.2) is 5.52 Å². The van der Waals surface area contributed by atoms with Crippen molar-refractivity contribution in [3.63, 3.8) is 0 Å². The van der Waals surface area contributed by atoms with Gasteiger partial charge in [-0.2, -0.15) is 13.2 Å². The fraction of sp³-hybridized carbons (Fsp3) is 0.276. The van der Waals surface area contributed by atoms with E-state index >= 15 is 0 Å². The lowest BCUT2D eigenvalue weighted by atomic mass is 10.0. The molecule has 0 bridgehead atoms. The number of hydrogen-bond acceptors (Lipinski definition) is 9. The molecule has 228 valence electrons. The molecule has 1 aliphatic heterocycles. The Labute approximate surface area is 256 Å². The summed E-state index contributed by atoms with van der Waals surface area (Å²) in [4.78, 5) is 39.2. The number of rotatable bonds is 7. The third kappa shape index (κ3) is 5.33. The van der Waals surface area contributed by atoms with Gasteiger partial charge in [-0.25, -0.2) is 14.8 Å². The van der Waals surface area contributed by atoms with E-state index in [2.05, 4.69) is 15.0 Å². The van der Waals surface area contributed by atoms with E-state index in [1.807, 2.05) is 0 Å². The van der Waals surface area contributed by atoms with Gasteiger partial charge in [0.2, 0.25) is 0 Å². The Bertz CT molecular complexity index is 2020. The van der Waals surface area contributed by atoms with Crippen LogP contribution >= 0.6 is 22.9 Å². The number of β-amino-alcohol motifs (C(OH)–C–C–N with tert-alkyl or cyclic N) is 1. The second-order valence-electron chi connectivity index (χ2n) is 10.3. The maximum Gasteiger partial charge on any atom is 0.420 e. The molecule has 1 saturated heterocycles. The number of pyridine rings is 2. The van der Waals surface area contributed by atoms with Crippen molar-refractivity contribution in [2.45, 2.75) is 32.7 Å². The number of alkyl halides is 3. The van der Waals surface area contributed by atoms with Gasteiger partial charge >= 0.3 is 12.1 Å². The number of ether oxygens (including phenoxy) is 1. The predicted molar refractivity (Wildman–Crippen MR) is 159 cm³/mol. The van der Waals surface area contributed by atoms with Gasteiger partial charge in [-0.05, 0) is 44.2 Å². The zero-order valence-corrected chi connectivity index (χ0v) is 24.7. The number of hydrogen-bond donors (Lipinski definition) is 2. The number of halogens is 4. The number of aliphatic hydroxyl groups is 1. The molecule has 1 fully saturated rings. The smallest absolute Gasteiger partial charge is 0.420 e. The molecule has 1 aromatic carbocycles. The third-order valence-corrected chi connectivity index (χ3v) is 8.49. The van der Waals surface area contributed by atoms with Crippen molar-refractivity contribution in [3.05, 3.63) is 73.7 Å². The normalized spacial score (nSPS) is 13.9. The second kappa shape index (κ2) is 11.0. The maximum atomic E-state index is 13.8. The monoisotopic (exact) mass is 645 g/mol. The van der Waals surface area contributed by atoms with Crippen LogP contribution in [0.3, 0.4) is 0 Å². The van der Waals surface area contributed by atoms with Crippen LogP contribution in [0.5, 0.6) is 5.75 Å². The fourth-order valence-corrected chi connectivity index (χ4v) is 6.34. The Hall–Kier alpha value is -4.27. The van der Waals surface area contributed by atoms with Crippen LogP contribution in [0.1, 0.15) is 27.4 Å². The molecule has 15 heteroatoms. The molecule has 0 unspecified atom stereocenters. The summed E-state index contributed by atoms with van der Waals surface area (Å²) in [5.74, 6) is -0.926. The van der Waals surface area contributed by atoms with Gasteiger partial charge in [-0.3, -0.25) is 14.3 Å². The number of carboxylic acid groups (broad SMARTS) is 1. The van der Waals surface area contributed by atoms with Gasteiger partial charge in [0.25, 0.3) is 5.56 Å². The first kappa shape index (κ1) is 29.8. The molecule has 10 nitrogen and oxygen atoms in total. The van der Waals surface area contributed by atoms with Crippen LogP contribution in [0.25, 0.3) is 32.4 Å². The molecule has 2 N–H and O–H groups in total. The van der Waals surface area contributed by atoms with Crippen LogP contribution in [0.2, 0.25) is 5.02 Å². The summed E-state index contributed by atoms with van der Waals surface area (Å²) in [7, 11) is 0. The minimum absolute atomic E-state index is 0.00306. The molecule has 0 atom stereocenters. The van der Waals surface area contributed by atoms with Crippen molar-refractivity contribution in [3.8, 4) is 16.9 Å². The summed E-state index contributed by atoms with van der Waals surface area (Å²) in [5, 5.41) is 21.2. The summed E-state index contributed by atoms with van der Waals surface area (Å²) in [6.45, 7) is 3.18. The summed E-state index contributed by atoms with van der Waals surface area (Å²) < 4.78 is 49.5. The van der Waals surface area contributed by atoms with Crippen LogP contribution in [0, 0.1) is 13.8 Å². The van der Waals surface area contributed by atoms with E-state index in [1.54, 1.807) is 31.2 Å². The predicted octanol–water partition coefficient (Wildman–Crippen LogP) is 5.32. The van der Waals surface area contributed by atoms with Gasteiger partial charge in [0, 0.05) is 40.3 Å². The molecule has 1 aliphatic rings. The van der Waals surface area contributed by atoms with Crippen molar-refractivity contribution in [2.75, 3.05) is 24.6 Å². The number of nitrogens with zero attached hydrogens (tertiary/aromatic N) is 5. The van der Waals surface area contributed by atoms with Crippen LogP contribution in [-0.4, -0.2) is 61.5 Å². The molecule has 4 aromatic heterocycles. The minimum atomic E-state index is -4.73. The number of anilines is 1. The third-order valence-electron chi connectivity index (χ3n) is 7.26. The van der Waals surface area contributed by atoms with Crippen molar-refractivity contribution in [1.82, 2.24) is 19.5 Å². The summed E-state index contributed by atoms with van der Waals surface area (Å²) in [6.07, 6.45) is -5.51. The van der Waals surface area contributed by atoms with Gasteiger partial charge in [0.1, 0.15) is 29.6 Å². The molecule has 44 heavy (non-hydrogen) atoms. The quantitative estimate of drug-likeness (QED) is 0.242. The molecule has 5 aromatic rings. The Morgan fingerprint density at radius 2 is 1.86 bits per heavy atom. The van der Waals surface area contributed by atoms with Crippen LogP contribution in [-0.2, 0) is 12.7 Å². The SMILES string of the molecule is Cc1cc(-c2cc(Cl)ccc2OCCn2c(C)nc3cc(C(F)(F)F)c(N4CC(O)C4)nc3c2=O)c2scc(C(=O)O)c2n1. The highest BCUT2D eigenvalue weighted by molar-refractivity contribution is 7.18. The number of thiophene rings is 1. The number of carboxylic acids is 1. The highest BCUT2D eigenvalue weighted by atomic mass is 35.5. The van der Waals surface area contributed by atoms with Crippen LogP contribution in [0.15, 0.2) is 40.5 Å². The lowest BCUT2D eigenvalue weighted by Crippen LogP contribution is -2.52. The zero-order chi connectivity index (χ0) is 31.5. The summed E-state index contributed by atoms with van der Waals surface area (Å²) in [6, 6.07) is 7.61. The second-order valence-corrected chi connectivity index (χ2v) is 11.6. The molecule has 5 heterocycles. The van der Waals surface area contributed by atoms with Gasteiger partial charge in [-0.15, -0.1) is 11.3 Å². The maximum absolute atomic E-state index is 13.8. The Kier molecular flexibility index (Phi) is 7.46. The molecule has 6 rings (SSSR count). The number of carbonyl (C=O) groups is 1. The van der Waals surface area contributed by atoms with Gasteiger partial charge in [-0.1, -0.05) is 11.6 Å². The number of aromatic carboxylic acids is 1. The molecule has 0 amide bonds. The van der Waals surface area contributed by atoms with Gasteiger partial charge in [0.05, 0.1) is 33.9 Å². The molecule has 0 radical (unpaired) electrons. The van der Waals surface area contributed by atoms with E-state index in [9.17, 15) is 33.0 Å². The van der Waals surface area contributed by atoms with Crippen LogP contribution < -0.4 is 15.2 Å². The minimum Gasteiger partial charge on any atom is -0.491 e. The van der Waals surface area contributed by atoms with E-state index in [0.29, 0.717) is 37.8 Å². The van der Waals surface area contributed by atoms with Crippen molar-refractivity contribution in [1.29, 1.82) is 0 Å². The standard InChI is InChI=1S/C29H23ClF3N5O5S/c1-13-7-18(25-23(34-13)19(12-44-25)28(41)42)17-8-15(30)3-4-22(17)43-6-5-38-14(2)35-21-9-20(29(31,32)33)26(36-24(21)27(38)40)37-10-16(39)11-37/h3-4,7-9,12,16,39H,5-6,10-11H2,1-2H3,(H,41,42).